The summed E-state index contributed by atoms with van der Waals surface area (Å²) in [6.45, 7) is 2.78. The maximum Gasteiger partial charge on any atom is 0.232 e. The minimum absolute atomic E-state index is 0.0443. The van der Waals surface area contributed by atoms with Gasteiger partial charge in [-0.05, 0) is 42.0 Å². The molecule has 0 spiro atoms. The summed E-state index contributed by atoms with van der Waals surface area (Å²) < 4.78 is 23.8. The molecule has 1 aliphatic heterocycles. The maximum atomic E-state index is 12.9. The van der Waals surface area contributed by atoms with Gasteiger partial charge in [-0.3, -0.25) is 9.59 Å². The van der Waals surface area contributed by atoms with E-state index in [9.17, 15) is 14.0 Å². The topological polar surface area (TPSA) is 67.9 Å². The molecule has 0 unspecified atom stereocenters. The second-order valence-electron chi connectivity index (χ2n) is 6.46. The summed E-state index contributed by atoms with van der Waals surface area (Å²) in [6.07, 6.45) is 0. The molecule has 1 N–H and O–H groups in total. The third-order valence-corrected chi connectivity index (χ3v) is 5.20. The van der Waals surface area contributed by atoms with E-state index in [1.165, 1.54) is 23.9 Å². The van der Waals surface area contributed by atoms with Crippen molar-refractivity contribution in [3.05, 3.63) is 59.9 Å². The Balaban J connectivity index is 1.35. The summed E-state index contributed by atoms with van der Waals surface area (Å²) in [5, 5.41) is 2.84. The van der Waals surface area contributed by atoms with E-state index in [1.54, 1.807) is 29.2 Å². The lowest BCUT2D eigenvalue weighted by Gasteiger charge is -2.26. The first-order valence-electron chi connectivity index (χ1n) is 9.32. The Hall–Kier alpha value is -2.58. The normalized spacial score (nSPS) is 13.8. The minimum atomic E-state index is -0.313. The Morgan fingerprint density at radius 2 is 1.62 bits per heavy atom. The zero-order chi connectivity index (χ0) is 20.5. The molecule has 0 atom stereocenters. The van der Waals surface area contributed by atoms with Gasteiger partial charge in [0.05, 0.1) is 24.7 Å². The average Bonchev–Trinajstić information content (AvgIpc) is 2.75. The number of halogens is 1. The number of hydrogen-bond donors (Lipinski definition) is 1. The van der Waals surface area contributed by atoms with E-state index in [0.29, 0.717) is 50.1 Å². The van der Waals surface area contributed by atoms with E-state index < -0.39 is 0 Å². The lowest BCUT2D eigenvalue weighted by atomic mass is 10.2. The number of morpholine rings is 1. The molecule has 2 aromatic carbocycles. The van der Waals surface area contributed by atoms with Crippen molar-refractivity contribution in [1.29, 1.82) is 0 Å². The first kappa shape index (κ1) is 21.1. The van der Waals surface area contributed by atoms with Gasteiger partial charge in [0.25, 0.3) is 0 Å². The monoisotopic (exact) mass is 418 g/mol. The molecule has 0 aromatic heterocycles. The zero-order valence-corrected chi connectivity index (χ0v) is 16.8. The van der Waals surface area contributed by atoms with Crippen LogP contribution in [-0.2, 0) is 20.9 Å². The molecule has 2 amide bonds. The maximum absolute atomic E-state index is 12.9. The van der Waals surface area contributed by atoms with Crippen LogP contribution in [0.1, 0.15) is 5.56 Å². The van der Waals surface area contributed by atoms with Crippen LogP contribution >= 0.6 is 11.8 Å². The second kappa shape index (κ2) is 10.8. The SMILES string of the molecule is O=C(CSCC(=O)N1CCOCC1)NCc1ccc(Oc2ccc(F)cc2)cc1. The number of carbonyl (C=O) groups excluding carboxylic acids is 2. The third-order valence-electron chi connectivity index (χ3n) is 4.28. The highest BCUT2D eigenvalue weighted by Gasteiger charge is 2.16. The first-order valence-corrected chi connectivity index (χ1v) is 10.5. The molecule has 3 rings (SSSR count). The Morgan fingerprint density at radius 1 is 1.00 bits per heavy atom. The van der Waals surface area contributed by atoms with Gasteiger partial charge in [-0.25, -0.2) is 4.39 Å². The van der Waals surface area contributed by atoms with Crippen LogP contribution in [0.4, 0.5) is 4.39 Å². The number of ether oxygens (including phenoxy) is 2. The van der Waals surface area contributed by atoms with Crippen molar-refractivity contribution in [1.82, 2.24) is 10.2 Å². The summed E-state index contributed by atoms with van der Waals surface area (Å²) in [6, 6.07) is 13.1. The van der Waals surface area contributed by atoms with Crippen LogP contribution in [0.25, 0.3) is 0 Å². The molecule has 2 aromatic rings. The van der Waals surface area contributed by atoms with Crippen LogP contribution in [-0.4, -0.2) is 54.5 Å². The number of rotatable bonds is 8. The highest BCUT2D eigenvalue weighted by molar-refractivity contribution is 8.00. The van der Waals surface area contributed by atoms with E-state index in [-0.39, 0.29) is 23.4 Å². The highest BCUT2D eigenvalue weighted by atomic mass is 32.2. The molecule has 154 valence electrons. The summed E-state index contributed by atoms with van der Waals surface area (Å²) in [5.74, 6) is 1.33. The van der Waals surface area contributed by atoms with E-state index >= 15 is 0 Å². The van der Waals surface area contributed by atoms with Crippen molar-refractivity contribution in [2.75, 3.05) is 37.8 Å². The number of hydrogen-bond acceptors (Lipinski definition) is 5. The van der Waals surface area contributed by atoms with E-state index in [0.717, 1.165) is 5.56 Å². The number of nitrogens with one attached hydrogen (secondary N) is 1. The predicted molar refractivity (Wildman–Crippen MR) is 109 cm³/mol. The number of benzene rings is 2. The molecule has 0 radical (unpaired) electrons. The van der Waals surface area contributed by atoms with Gasteiger partial charge in [-0.2, -0.15) is 0 Å². The van der Waals surface area contributed by atoms with Crippen LogP contribution in [0.3, 0.4) is 0 Å². The molecule has 0 bridgehead atoms. The fourth-order valence-corrected chi connectivity index (χ4v) is 3.45. The van der Waals surface area contributed by atoms with Crippen molar-refractivity contribution < 1.29 is 23.5 Å². The molecule has 0 saturated carbocycles. The Kier molecular flexibility index (Phi) is 7.89. The van der Waals surface area contributed by atoms with Gasteiger partial charge in [0.1, 0.15) is 17.3 Å². The molecule has 6 nitrogen and oxygen atoms in total. The molecule has 29 heavy (non-hydrogen) atoms. The quantitative estimate of drug-likeness (QED) is 0.714. The Morgan fingerprint density at radius 3 is 2.28 bits per heavy atom. The minimum Gasteiger partial charge on any atom is -0.457 e. The van der Waals surface area contributed by atoms with Crippen LogP contribution in [0, 0.1) is 5.82 Å². The molecule has 1 fully saturated rings. The van der Waals surface area contributed by atoms with Crippen molar-refractivity contribution in [3.63, 3.8) is 0 Å². The second-order valence-corrected chi connectivity index (χ2v) is 7.45. The highest BCUT2D eigenvalue weighted by Crippen LogP contribution is 2.21. The Bertz CT molecular complexity index is 808. The van der Waals surface area contributed by atoms with Gasteiger partial charge in [-0.1, -0.05) is 12.1 Å². The van der Waals surface area contributed by atoms with Crippen molar-refractivity contribution in [2.45, 2.75) is 6.54 Å². The number of nitrogens with zero attached hydrogens (tertiary/aromatic N) is 1. The average molecular weight is 418 g/mol. The zero-order valence-electron chi connectivity index (χ0n) is 15.9. The first-order chi connectivity index (χ1) is 14.1. The molecule has 0 aliphatic carbocycles. The molecule has 1 heterocycles. The smallest absolute Gasteiger partial charge is 0.232 e. The summed E-state index contributed by atoms with van der Waals surface area (Å²) >= 11 is 1.31. The summed E-state index contributed by atoms with van der Waals surface area (Å²) in [4.78, 5) is 25.8. The number of thioether (sulfide) groups is 1. The molecular formula is C21H23FN2O4S. The predicted octanol–water partition coefficient (Wildman–Crippen LogP) is 2.83. The van der Waals surface area contributed by atoms with Crippen LogP contribution in [0.15, 0.2) is 48.5 Å². The fourth-order valence-electron chi connectivity index (χ4n) is 2.70. The lowest BCUT2D eigenvalue weighted by molar-refractivity contribution is -0.132. The van der Waals surface area contributed by atoms with Crippen molar-refractivity contribution >= 4 is 23.6 Å². The van der Waals surface area contributed by atoms with Gasteiger partial charge in [-0.15, -0.1) is 11.8 Å². The van der Waals surface area contributed by atoms with E-state index in [4.69, 9.17) is 9.47 Å². The van der Waals surface area contributed by atoms with E-state index in [2.05, 4.69) is 5.32 Å². The lowest BCUT2D eigenvalue weighted by Crippen LogP contribution is -2.41. The van der Waals surface area contributed by atoms with Gasteiger partial charge in [0.15, 0.2) is 0 Å². The van der Waals surface area contributed by atoms with Crippen LogP contribution in [0.5, 0.6) is 11.5 Å². The van der Waals surface area contributed by atoms with Crippen molar-refractivity contribution in [2.24, 2.45) is 0 Å². The summed E-state index contributed by atoms with van der Waals surface area (Å²) in [5.41, 5.74) is 0.930. The number of amides is 2. The van der Waals surface area contributed by atoms with Crippen LogP contribution in [0.2, 0.25) is 0 Å². The Labute approximate surface area is 173 Å². The van der Waals surface area contributed by atoms with Crippen LogP contribution < -0.4 is 10.1 Å². The fraction of sp³-hybridized carbons (Fsp3) is 0.333. The van der Waals surface area contributed by atoms with E-state index in [1.807, 2.05) is 12.1 Å². The molecular weight excluding hydrogens is 395 g/mol. The third kappa shape index (κ3) is 7.07. The number of carbonyl (C=O) groups is 2. The van der Waals surface area contributed by atoms with Gasteiger partial charge in [0, 0.05) is 19.6 Å². The van der Waals surface area contributed by atoms with Crippen molar-refractivity contribution in [3.8, 4) is 11.5 Å². The van der Waals surface area contributed by atoms with Gasteiger partial charge < -0.3 is 19.7 Å². The standard InChI is InChI=1S/C21H23FN2O4S/c22-17-3-7-19(8-4-17)28-18-5-1-16(2-6-18)13-23-20(25)14-29-15-21(26)24-9-11-27-12-10-24/h1-8H,9-15H2,(H,23,25). The largest absolute Gasteiger partial charge is 0.457 e. The van der Waals surface area contributed by atoms with Gasteiger partial charge >= 0.3 is 0 Å². The summed E-state index contributed by atoms with van der Waals surface area (Å²) in [7, 11) is 0. The molecule has 1 saturated heterocycles. The molecule has 8 heteroatoms. The molecule has 1 aliphatic rings. The van der Waals surface area contributed by atoms with Gasteiger partial charge in [0.2, 0.25) is 11.8 Å².